The van der Waals surface area contributed by atoms with Crippen molar-refractivity contribution in [2.24, 2.45) is 0 Å². The number of aliphatic hydroxyl groups is 1. The summed E-state index contributed by atoms with van der Waals surface area (Å²) < 4.78 is 6.55. The highest BCUT2D eigenvalue weighted by Crippen LogP contribution is 2.26. The molecule has 0 heterocycles. The molecule has 0 saturated heterocycles. The van der Waals surface area contributed by atoms with Crippen molar-refractivity contribution >= 4 is 12.3 Å². The van der Waals surface area contributed by atoms with Crippen LogP contribution in [0, 0.1) is 0 Å². The molecule has 0 aliphatic heterocycles. The smallest absolute Gasteiger partial charge is 0.335 e. The van der Waals surface area contributed by atoms with E-state index in [1.54, 1.807) is 12.1 Å². The van der Waals surface area contributed by atoms with E-state index in [1.807, 2.05) is 30.3 Å². The number of aldehydes is 1. The van der Waals surface area contributed by atoms with Crippen LogP contribution in [0.15, 0.2) is 78.9 Å². The first kappa shape index (κ1) is 31.9. The molecule has 6 heteroatoms. The molecule has 0 fully saturated rings. The van der Waals surface area contributed by atoms with Crippen molar-refractivity contribution in [2.75, 3.05) is 20.2 Å². The Morgan fingerprint density at radius 1 is 0.923 bits per heavy atom. The molecule has 6 nitrogen and oxygen atoms in total. The maximum Gasteiger partial charge on any atom is 0.335 e. The molecule has 3 rings (SSSR count). The lowest BCUT2D eigenvalue weighted by molar-refractivity contribution is -0.108. The third-order valence-corrected chi connectivity index (χ3v) is 6.49. The van der Waals surface area contributed by atoms with E-state index >= 15 is 0 Å². The number of nitrogens with zero attached hydrogens (tertiary/aromatic N) is 1. The lowest BCUT2D eigenvalue weighted by Gasteiger charge is -2.28. The molecule has 0 saturated carbocycles. The molecule has 0 amide bonds. The highest BCUT2D eigenvalue weighted by molar-refractivity contribution is 5.87. The Morgan fingerprint density at radius 2 is 1.62 bits per heavy atom. The molecular weight excluding hydrogens is 490 g/mol. The molecule has 3 aromatic rings. The van der Waals surface area contributed by atoms with Crippen LogP contribution in [0.1, 0.15) is 78.7 Å². The summed E-state index contributed by atoms with van der Waals surface area (Å²) in [7, 11) is 1.00. The van der Waals surface area contributed by atoms with Gasteiger partial charge in [0.1, 0.15) is 6.29 Å². The van der Waals surface area contributed by atoms with E-state index in [0.29, 0.717) is 26.1 Å². The van der Waals surface area contributed by atoms with Crippen LogP contribution in [-0.4, -0.2) is 47.6 Å². The largest absolute Gasteiger partial charge is 0.478 e. The Morgan fingerprint density at radius 3 is 2.23 bits per heavy atom. The topological polar surface area (TPSA) is 87.1 Å². The first-order valence-electron chi connectivity index (χ1n) is 13.4. The van der Waals surface area contributed by atoms with Gasteiger partial charge in [0.05, 0.1) is 18.3 Å². The average molecular weight is 534 g/mol. The highest BCUT2D eigenvalue weighted by atomic mass is 16.5. The van der Waals surface area contributed by atoms with Crippen LogP contribution in [0.4, 0.5) is 0 Å². The number of hydrogen-bond donors (Lipinski definition) is 2. The van der Waals surface area contributed by atoms with E-state index in [0.717, 1.165) is 49.5 Å². The Labute approximate surface area is 233 Å². The van der Waals surface area contributed by atoms with Crippen molar-refractivity contribution in [3.8, 4) is 0 Å². The predicted octanol–water partition coefficient (Wildman–Crippen LogP) is 6.42. The van der Waals surface area contributed by atoms with Gasteiger partial charge in [-0.3, -0.25) is 4.90 Å². The number of rotatable bonds is 14. The van der Waals surface area contributed by atoms with Crippen LogP contribution in [0.3, 0.4) is 0 Å². The fraction of sp³-hybridized carbons (Fsp3) is 0.394. The van der Waals surface area contributed by atoms with Crippen LogP contribution in [0.5, 0.6) is 0 Å². The number of aliphatic hydroxyl groups excluding tert-OH is 1. The minimum absolute atomic E-state index is 0.0728. The van der Waals surface area contributed by atoms with Crippen LogP contribution >= 0.6 is 0 Å². The van der Waals surface area contributed by atoms with Crippen molar-refractivity contribution in [3.05, 3.63) is 107 Å². The number of ether oxygens (including phenoxy) is 1. The minimum Gasteiger partial charge on any atom is -0.478 e. The van der Waals surface area contributed by atoms with E-state index in [9.17, 15) is 14.7 Å². The van der Waals surface area contributed by atoms with Gasteiger partial charge in [0.15, 0.2) is 0 Å². The second kappa shape index (κ2) is 16.6. The normalized spacial score (nSPS) is 11.9. The molecular formula is C33H43NO5. The summed E-state index contributed by atoms with van der Waals surface area (Å²) in [6.07, 6.45) is 3.14. The van der Waals surface area contributed by atoms with Crippen LogP contribution < -0.4 is 0 Å². The number of carbonyl (C=O) groups is 2. The maximum absolute atomic E-state index is 11.2. The number of carbonyl (C=O) groups excluding carboxylic acids is 1. The number of carboxylic acid groups (broad SMARTS) is 1. The fourth-order valence-corrected chi connectivity index (χ4v) is 4.29. The van der Waals surface area contributed by atoms with Gasteiger partial charge >= 0.3 is 5.97 Å². The van der Waals surface area contributed by atoms with Gasteiger partial charge in [-0.25, -0.2) is 4.79 Å². The third-order valence-electron chi connectivity index (χ3n) is 6.49. The molecule has 0 radical (unpaired) electrons. The first-order chi connectivity index (χ1) is 18.8. The number of benzene rings is 3. The van der Waals surface area contributed by atoms with Crippen LogP contribution in [-0.2, 0) is 28.1 Å². The standard InChI is InChI=1S/C32H39NO4.CH4O/c1-32(2,3)29-14-10-11-26(21-29)24-37-30(27-12-6-4-7-13-27)23-33(19-8-5-9-20-34)22-25-15-17-28(18-16-25)31(35)36;1-2/h4,6-7,10-18,20-21,30H,5,8-9,19,22-24H2,1-3H3,(H,35,36);2H,1H3. The molecule has 0 aliphatic rings. The number of aromatic carboxylic acids is 1. The van der Waals surface area contributed by atoms with Crippen molar-refractivity contribution in [1.29, 1.82) is 0 Å². The van der Waals surface area contributed by atoms with Crippen LogP contribution in [0.25, 0.3) is 0 Å². The lowest BCUT2D eigenvalue weighted by Crippen LogP contribution is -2.30. The molecule has 0 aliphatic carbocycles. The van der Waals surface area contributed by atoms with Crippen molar-refractivity contribution in [1.82, 2.24) is 4.90 Å². The van der Waals surface area contributed by atoms with E-state index in [2.05, 4.69) is 62.1 Å². The summed E-state index contributed by atoms with van der Waals surface area (Å²) in [5, 5.41) is 16.2. The molecule has 39 heavy (non-hydrogen) atoms. The van der Waals surface area contributed by atoms with Crippen LogP contribution in [0.2, 0.25) is 0 Å². The summed E-state index contributed by atoms with van der Waals surface area (Å²) in [6, 6.07) is 25.9. The zero-order chi connectivity index (χ0) is 28.7. The summed E-state index contributed by atoms with van der Waals surface area (Å²) in [6.45, 7) is 9.33. The quantitative estimate of drug-likeness (QED) is 0.184. The molecule has 0 spiro atoms. The fourth-order valence-electron chi connectivity index (χ4n) is 4.29. The molecule has 3 aromatic carbocycles. The second-order valence-corrected chi connectivity index (χ2v) is 10.6. The van der Waals surface area contributed by atoms with E-state index in [4.69, 9.17) is 9.84 Å². The van der Waals surface area contributed by atoms with Gasteiger partial charge in [-0.15, -0.1) is 0 Å². The second-order valence-electron chi connectivity index (χ2n) is 10.6. The van der Waals surface area contributed by atoms with Gasteiger partial charge in [0.25, 0.3) is 0 Å². The zero-order valence-electron chi connectivity index (χ0n) is 23.7. The number of carboxylic acids is 1. The Bertz CT molecular complexity index is 1120. The lowest BCUT2D eigenvalue weighted by atomic mass is 9.86. The Kier molecular flexibility index (Phi) is 13.6. The van der Waals surface area contributed by atoms with Crippen molar-refractivity contribution in [2.45, 2.75) is 64.7 Å². The molecule has 0 bridgehead atoms. The van der Waals surface area contributed by atoms with E-state index in [1.165, 1.54) is 5.56 Å². The SMILES string of the molecule is CC(C)(C)c1cccc(COC(CN(CCCCC=O)Cc2ccc(C(=O)O)cc2)c2ccccc2)c1.CO. The van der Waals surface area contributed by atoms with E-state index in [-0.39, 0.29) is 17.1 Å². The Hall–Kier alpha value is -3.32. The van der Waals surface area contributed by atoms with Gasteiger partial charge < -0.3 is 19.7 Å². The highest BCUT2D eigenvalue weighted by Gasteiger charge is 2.19. The van der Waals surface area contributed by atoms with Crippen molar-refractivity contribution in [3.63, 3.8) is 0 Å². The summed E-state index contributed by atoms with van der Waals surface area (Å²) in [4.78, 5) is 24.4. The molecule has 210 valence electrons. The number of unbranched alkanes of at least 4 members (excludes halogenated alkanes) is 2. The van der Waals surface area contributed by atoms with Gasteiger partial charge in [0, 0.05) is 26.6 Å². The molecule has 1 unspecified atom stereocenters. The first-order valence-corrected chi connectivity index (χ1v) is 13.4. The van der Waals surface area contributed by atoms with Crippen molar-refractivity contribution < 1.29 is 24.5 Å². The third kappa shape index (κ3) is 11.1. The molecule has 1 atom stereocenters. The predicted molar refractivity (Wildman–Crippen MR) is 156 cm³/mol. The minimum atomic E-state index is -0.926. The zero-order valence-corrected chi connectivity index (χ0v) is 23.7. The Balaban J connectivity index is 0.00000260. The number of hydrogen-bond acceptors (Lipinski definition) is 5. The van der Waals surface area contributed by atoms with E-state index < -0.39 is 5.97 Å². The monoisotopic (exact) mass is 533 g/mol. The van der Waals surface area contributed by atoms with Gasteiger partial charge in [-0.1, -0.05) is 87.5 Å². The van der Waals surface area contributed by atoms with Gasteiger partial charge in [0.2, 0.25) is 0 Å². The summed E-state index contributed by atoms with van der Waals surface area (Å²) in [5.41, 5.74) is 4.95. The maximum atomic E-state index is 11.2. The van der Waals surface area contributed by atoms with Gasteiger partial charge in [-0.05, 0) is 59.2 Å². The van der Waals surface area contributed by atoms with Gasteiger partial charge in [-0.2, -0.15) is 0 Å². The summed E-state index contributed by atoms with van der Waals surface area (Å²) in [5.74, 6) is -0.926. The molecule has 2 N–H and O–H groups in total. The average Bonchev–Trinajstić information content (AvgIpc) is 2.94. The summed E-state index contributed by atoms with van der Waals surface area (Å²) >= 11 is 0. The molecule has 0 aromatic heterocycles.